The molecule has 0 spiro atoms. The third-order valence-corrected chi connectivity index (χ3v) is 6.24. The number of carbonyl (C=O) groups is 1. The average Bonchev–Trinajstić information content (AvgIpc) is 3.19. The van der Waals surface area contributed by atoms with E-state index >= 15 is 0 Å². The molecule has 0 unspecified atom stereocenters. The third kappa shape index (κ3) is 2.94. The Kier molecular flexibility index (Phi) is 4.14. The highest BCUT2D eigenvalue weighted by Gasteiger charge is 2.58. The molecule has 1 atom stereocenters. The van der Waals surface area contributed by atoms with Crippen LogP contribution in [0.2, 0.25) is 0 Å². The number of hydrogen-bond donors (Lipinski definition) is 1. The molecule has 6 rings (SSSR count). The number of imidazole rings is 1. The number of rotatable bonds is 4. The minimum atomic E-state index is -3.01. The van der Waals surface area contributed by atoms with Crippen molar-refractivity contribution in [1.29, 1.82) is 0 Å². The molecule has 0 aromatic carbocycles. The Morgan fingerprint density at radius 2 is 2.21 bits per heavy atom. The van der Waals surface area contributed by atoms with Crippen LogP contribution in [0, 0.1) is 6.57 Å². The minimum absolute atomic E-state index is 0.113. The van der Waals surface area contributed by atoms with Crippen LogP contribution in [0.1, 0.15) is 64.5 Å². The van der Waals surface area contributed by atoms with Gasteiger partial charge in [0.15, 0.2) is 5.69 Å². The molecule has 1 aliphatic heterocycles. The zero-order chi connectivity index (χ0) is 22.7. The SMILES string of the molecule is [C-]#[N+]C1(c2nc(C(F)F)c(C(=O)N3CCc4[nH]cnc4[C@H]3c3cc4ccccn4n3)o2)CC1. The van der Waals surface area contributed by atoms with Gasteiger partial charge < -0.3 is 14.3 Å². The molecular formula is C22H17F2N7O2. The van der Waals surface area contributed by atoms with Gasteiger partial charge in [0, 0.05) is 37.7 Å². The van der Waals surface area contributed by atoms with Crippen LogP contribution in [0.15, 0.2) is 41.2 Å². The molecule has 1 amide bonds. The molecule has 4 aromatic rings. The highest BCUT2D eigenvalue weighted by molar-refractivity contribution is 5.93. The first-order valence-electron chi connectivity index (χ1n) is 10.5. The van der Waals surface area contributed by atoms with E-state index in [-0.39, 0.29) is 12.4 Å². The molecule has 9 nitrogen and oxygen atoms in total. The number of carbonyl (C=O) groups excluding carboxylic acids is 1. The van der Waals surface area contributed by atoms with Crippen LogP contribution >= 0.6 is 0 Å². The lowest BCUT2D eigenvalue weighted by Gasteiger charge is -2.33. The van der Waals surface area contributed by atoms with Crippen molar-refractivity contribution in [3.05, 3.63) is 82.6 Å². The Hall–Kier alpha value is -4.07. The number of aromatic nitrogens is 5. The predicted molar refractivity (Wildman–Crippen MR) is 109 cm³/mol. The van der Waals surface area contributed by atoms with Gasteiger partial charge in [-0.25, -0.2) is 29.8 Å². The summed E-state index contributed by atoms with van der Waals surface area (Å²) in [6.45, 7) is 7.63. The molecule has 1 N–H and O–H groups in total. The number of nitrogens with zero attached hydrogens (tertiary/aromatic N) is 6. The van der Waals surface area contributed by atoms with Gasteiger partial charge >= 0.3 is 5.54 Å². The lowest BCUT2D eigenvalue weighted by atomic mass is 9.99. The van der Waals surface area contributed by atoms with Gasteiger partial charge in [-0.2, -0.15) is 5.10 Å². The number of hydrogen-bond acceptors (Lipinski definition) is 5. The van der Waals surface area contributed by atoms with Crippen molar-refractivity contribution in [2.75, 3.05) is 6.54 Å². The number of amides is 1. The normalized spacial score (nSPS) is 19.0. The Labute approximate surface area is 185 Å². The summed E-state index contributed by atoms with van der Waals surface area (Å²) in [6, 6.07) is 6.74. The molecule has 33 heavy (non-hydrogen) atoms. The van der Waals surface area contributed by atoms with Crippen LogP contribution in [0.25, 0.3) is 10.4 Å². The molecule has 0 bridgehead atoms. The van der Waals surface area contributed by atoms with E-state index in [2.05, 4.69) is 24.9 Å². The van der Waals surface area contributed by atoms with Gasteiger partial charge in [0.1, 0.15) is 6.04 Å². The molecule has 5 heterocycles. The van der Waals surface area contributed by atoms with Gasteiger partial charge in [0.2, 0.25) is 5.76 Å². The van der Waals surface area contributed by atoms with Crippen molar-refractivity contribution in [3.8, 4) is 0 Å². The van der Waals surface area contributed by atoms with Crippen molar-refractivity contribution in [2.45, 2.75) is 37.3 Å². The fourth-order valence-corrected chi connectivity index (χ4v) is 4.34. The number of pyridine rings is 1. The summed E-state index contributed by atoms with van der Waals surface area (Å²) < 4.78 is 34.9. The highest BCUT2D eigenvalue weighted by Crippen LogP contribution is 2.50. The first kappa shape index (κ1) is 19.6. The van der Waals surface area contributed by atoms with Gasteiger partial charge in [-0.15, -0.1) is 0 Å². The number of aromatic amines is 1. The van der Waals surface area contributed by atoms with Gasteiger partial charge in [-0.05, 0) is 18.2 Å². The van der Waals surface area contributed by atoms with E-state index in [1.54, 1.807) is 17.0 Å². The fourth-order valence-electron chi connectivity index (χ4n) is 4.34. The molecular weight excluding hydrogens is 432 g/mol. The van der Waals surface area contributed by atoms with Crippen LogP contribution in [0.4, 0.5) is 8.78 Å². The summed E-state index contributed by atoms with van der Waals surface area (Å²) in [5, 5.41) is 4.60. The molecule has 1 aliphatic carbocycles. The second kappa shape index (κ2) is 6.96. The summed E-state index contributed by atoms with van der Waals surface area (Å²) >= 11 is 0. The first-order valence-corrected chi connectivity index (χ1v) is 10.5. The summed E-state index contributed by atoms with van der Waals surface area (Å²) in [5.74, 6) is -1.36. The van der Waals surface area contributed by atoms with E-state index in [1.165, 1.54) is 4.90 Å². The topological polar surface area (TPSA) is 96.7 Å². The number of alkyl halides is 2. The van der Waals surface area contributed by atoms with E-state index < -0.39 is 35.4 Å². The average molecular weight is 449 g/mol. The molecule has 11 heteroatoms. The molecule has 1 saturated carbocycles. The van der Waals surface area contributed by atoms with Crippen molar-refractivity contribution in [2.24, 2.45) is 0 Å². The van der Waals surface area contributed by atoms with Crippen molar-refractivity contribution in [1.82, 2.24) is 29.5 Å². The second-order valence-corrected chi connectivity index (χ2v) is 8.23. The monoisotopic (exact) mass is 449 g/mol. The summed E-state index contributed by atoms with van der Waals surface area (Å²) in [4.78, 5) is 29.9. The van der Waals surface area contributed by atoms with Crippen LogP contribution in [-0.2, 0) is 12.0 Å². The largest absolute Gasteiger partial charge is 0.428 e. The summed E-state index contributed by atoms with van der Waals surface area (Å²) in [5.41, 5.74) is 1.08. The summed E-state index contributed by atoms with van der Waals surface area (Å²) in [6.07, 6.45) is 1.74. The Balaban J connectivity index is 1.45. The number of fused-ring (bicyclic) bond motifs is 2. The maximum absolute atomic E-state index is 13.8. The lowest BCUT2D eigenvalue weighted by Crippen LogP contribution is -2.41. The maximum Gasteiger partial charge on any atom is 0.307 e. The van der Waals surface area contributed by atoms with Gasteiger partial charge in [-0.1, -0.05) is 6.07 Å². The lowest BCUT2D eigenvalue weighted by molar-refractivity contribution is 0.0637. The van der Waals surface area contributed by atoms with Crippen LogP contribution in [0.3, 0.4) is 0 Å². The predicted octanol–water partition coefficient (Wildman–Crippen LogP) is 3.68. The van der Waals surface area contributed by atoms with Crippen LogP contribution < -0.4 is 0 Å². The standard InChI is InChI=1S/C22H17F2N7O2/c1-25-22(6-7-22)21-28-16(19(23)24)18(33-21)20(32)30-9-5-13-15(27-11-26-13)17(30)14-10-12-4-2-3-8-31(12)29-14/h2-4,8,10-11,17,19H,5-7,9H2,(H,26,27)/t17-/m1/s1. The van der Waals surface area contributed by atoms with Gasteiger partial charge in [-0.3, -0.25) is 9.64 Å². The van der Waals surface area contributed by atoms with Gasteiger partial charge in [0.05, 0.1) is 23.2 Å². The smallest absolute Gasteiger partial charge is 0.307 e. The minimum Gasteiger partial charge on any atom is -0.428 e. The van der Waals surface area contributed by atoms with Gasteiger partial charge in [0.25, 0.3) is 18.2 Å². The van der Waals surface area contributed by atoms with E-state index in [1.807, 2.05) is 24.3 Å². The second-order valence-electron chi connectivity index (χ2n) is 8.23. The van der Waals surface area contributed by atoms with Crippen LogP contribution in [-0.4, -0.2) is 41.9 Å². The van der Waals surface area contributed by atoms with Crippen molar-refractivity contribution >= 4 is 11.4 Å². The first-order chi connectivity index (χ1) is 16.0. The molecule has 0 radical (unpaired) electrons. The molecule has 2 aliphatic rings. The zero-order valence-electron chi connectivity index (χ0n) is 17.2. The molecule has 0 saturated heterocycles. The number of halogens is 2. The fraction of sp³-hybridized carbons (Fsp3) is 0.318. The Morgan fingerprint density at radius 3 is 2.94 bits per heavy atom. The summed E-state index contributed by atoms with van der Waals surface area (Å²) in [7, 11) is 0. The Morgan fingerprint density at radius 1 is 1.36 bits per heavy atom. The van der Waals surface area contributed by atoms with Crippen LogP contribution in [0.5, 0.6) is 0 Å². The number of oxazole rings is 1. The quantitative estimate of drug-likeness (QED) is 0.480. The third-order valence-electron chi connectivity index (χ3n) is 6.24. The molecule has 166 valence electrons. The highest BCUT2D eigenvalue weighted by atomic mass is 19.3. The van der Waals surface area contributed by atoms with E-state index in [4.69, 9.17) is 11.0 Å². The number of H-pyrrole nitrogens is 1. The van der Waals surface area contributed by atoms with E-state index in [0.717, 1.165) is 11.2 Å². The van der Waals surface area contributed by atoms with Crippen molar-refractivity contribution in [3.63, 3.8) is 0 Å². The van der Waals surface area contributed by atoms with E-state index in [9.17, 15) is 13.6 Å². The molecule has 4 aromatic heterocycles. The molecule has 1 fully saturated rings. The van der Waals surface area contributed by atoms with Crippen molar-refractivity contribution < 1.29 is 18.0 Å². The van der Waals surface area contributed by atoms with E-state index in [0.29, 0.717) is 30.7 Å². The Bertz CT molecular complexity index is 1390. The maximum atomic E-state index is 13.8. The zero-order valence-corrected chi connectivity index (χ0v) is 17.2. The number of nitrogens with one attached hydrogen (secondary N) is 1.